The SMILES string of the molecule is CC1(C)c2cc(-c3ccc(-c4nc(-c5ccccc5)cc(-c5cccc6c5C(C)(c5ccccc5)c5ccccc5-6)n4)c4ccccc34)ccc2-c2cc3ccccc3cc21. The van der Waals surface area contributed by atoms with Crippen LogP contribution in [0, 0.1) is 0 Å². The van der Waals surface area contributed by atoms with E-state index in [9.17, 15) is 0 Å². The molecule has 0 spiro atoms. The van der Waals surface area contributed by atoms with Crippen molar-refractivity contribution in [2.24, 2.45) is 0 Å². The number of hydrogen-bond acceptors (Lipinski definition) is 2. The van der Waals surface area contributed by atoms with Crippen LogP contribution in [0.15, 0.2) is 200 Å². The average Bonchev–Trinajstić information content (AvgIpc) is 3.71. The van der Waals surface area contributed by atoms with Crippen molar-refractivity contribution in [3.8, 4) is 67.3 Å². The molecule has 0 fully saturated rings. The molecule has 1 unspecified atom stereocenters. The van der Waals surface area contributed by atoms with Crippen molar-refractivity contribution in [2.45, 2.75) is 31.6 Å². The predicted molar refractivity (Wildman–Crippen MR) is 254 cm³/mol. The molecule has 1 heterocycles. The molecule has 0 radical (unpaired) electrons. The van der Waals surface area contributed by atoms with E-state index in [0.29, 0.717) is 5.82 Å². The van der Waals surface area contributed by atoms with Gasteiger partial charge in [-0.05, 0) is 120 Å². The molecular weight excluding hydrogens is 737 g/mol. The van der Waals surface area contributed by atoms with Crippen molar-refractivity contribution in [2.75, 3.05) is 0 Å². The van der Waals surface area contributed by atoms with E-state index in [1.807, 2.05) is 0 Å². The van der Waals surface area contributed by atoms with E-state index < -0.39 is 0 Å². The van der Waals surface area contributed by atoms with Crippen LogP contribution in [0.2, 0.25) is 0 Å². The number of fused-ring (bicyclic) bond motifs is 8. The van der Waals surface area contributed by atoms with Crippen LogP contribution < -0.4 is 0 Å². The first kappa shape index (κ1) is 35.5. The number of hydrogen-bond donors (Lipinski definition) is 0. The third-order valence-corrected chi connectivity index (χ3v) is 13.8. The summed E-state index contributed by atoms with van der Waals surface area (Å²) in [5.74, 6) is 0.714. The molecule has 61 heavy (non-hydrogen) atoms. The van der Waals surface area contributed by atoms with Gasteiger partial charge >= 0.3 is 0 Å². The monoisotopic (exact) mass is 778 g/mol. The molecule has 9 aromatic carbocycles. The van der Waals surface area contributed by atoms with Crippen molar-refractivity contribution >= 4 is 21.5 Å². The van der Waals surface area contributed by atoms with Crippen molar-refractivity contribution in [1.82, 2.24) is 9.97 Å². The van der Waals surface area contributed by atoms with Crippen LogP contribution in [0.5, 0.6) is 0 Å². The smallest absolute Gasteiger partial charge is 0.161 e. The van der Waals surface area contributed by atoms with Crippen molar-refractivity contribution in [3.05, 3.63) is 228 Å². The molecule has 0 amide bonds. The lowest BCUT2D eigenvalue weighted by Crippen LogP contribution is -2.23. The Morgan fingerprint density at radius 2 is 0.918 bits per heavy atom. The number of rotatable bonds is 5. The van der Waals surface area contributed by atoms with E-state index in [2.05, 4.69) is 221 Å². The maximum absolute atomic E-state index is 5.55. The van der Waals surface area contributed by atoms with E-state index >= 15 is 0 Å². The maximum Gasteiger partial charge on any atom is 0.161 e. The molecule has 0 saturated heterocycles. The van der Waals surface area contributed by atoms with Crippen LogP contribution in [0.4, 0.5) is 0 Å². The minimum atomic E-state index is -0.380. The highest BCUT2D eigenvalue weighted by atomic mass is 14.9. The standard InChI is InChI=1S/C59H42N2/c1-58(2)52-35-40(29-30-46(52)50-33-38-19-10-11-20-39(38)34-53(50)58)42-31-32-48(44-24-13-12-23-43(42)44)57-60-54(37-17-6-4-7-18-37)36-55(61-57)49-27-16-26-47-45-25-14-15-28-51(45)59(3,56(47)49)41-21-8-5-9-22-41/h4-36H,1-3H3. The topological polar surface area (TPSA) is 25.8 Å². The quantitative estimate of drug-likeness (QED) is 0.174. The summed E-state index contributed by atoms with van der Waals surface area (Å²) in [6, 6.07) is 73.1. The predicted octanol–water partition coefficient (Wildman–Crippen LogP) is 15.1. The van der Waals surface area contributed by atoms with Gasteiger partial charge in [-0.1, -0.05) is 184 Å². The summed E-state index contributed by atoms with van der Waals surface area (Å²) in [6.07, 6.45) is 0. The third kappa shape index (κ3) is 5.28. The second-order valence-corrected chi connectivity index (χ2v) is 17.4. The first-order valence-corrected chi connectivity index (χ1v) is 21.3. The Morgan fingerprint density at radius 1 is 0.344 bits per heavy atom. The zero-order valence-electron chi connectivity index (χ0n) is 34.4. The normalized spacial score (nSPS) is 15.7. The molecule has 10 aromatic rings. The van der Waals surface area contributed by atoms with Crippen molar-refractivity contribution < 1.29 is 0 Å². The minimum absolute atomic E-state index is 0.127. The molecule has 288 valence electrons. The number of nitrogens with zero attached hydrogens (tertiary/aromatic N) is 2. The van der Waals surface area contributed by atoms with Crippen LogP contribution in [0.25, 0.3) is 88.8 Å². The molecular formula is C59H42N2. The summed E-state index contributed by atoms with van der Waals surface area (Å²) in [4.78, 5) is 10.9. The number of benzene rings is 9. The lowest BCUT2D eigenvalue weighted by Gasteiger charge is -2.30. The van der Waals surface area contributed by atoms with Gasteiger partial charge in [-0.25, -0.2) is 9.97 Å². The Morgan fingerprint density at radius 3 is 1.72 bits per heavy atom. The summed E-state index contributed by atoms with van der Waals surface area (Å²) in [5.41, 5.74) is 18.7. The van der Waals surface area contributed by atoms with E-state index in [0.717, 1.165) is 33.5 Å². The van der Waals surface area contributed by atoms with Gasteiger partial charge < -0.3 is 0 Å². The Bertz CT molecular complexity index is 3400. The fraction of sp³-hybridized carbons (Fsp3) is 0.0847. The van der Waals surface area contributed by atoms with Gasteiger partial charge in [-0.2, -0.15) is 0 Å². The molecule has 2 heteroatoms. The van der Waals surface area contributed by atoms with Crippen LogP contribution in [-0.2, 0) is 10.8 Å². The summed E-state index contributed by atoms with van der Waals surface area (Å²) >= 11 is 0. The van der Waals surface area contributed by atoms with Crippen LogP contribution in [0.3, 0.4) is 0 Å². The van der Waals surface area contributed by atoms with Gasteiger partial charge in [0.25, 0.3) is 0 Å². The van der Waals surface area contributed by atoms with Crippen LogP contribution in [0.1, 0.15) is 48.6 Å². The lowest BCUT2D eigenvalue weighted by atomic mass is 9.72. The van der Waals surface area contributed by atoms with Crippen molar-refractivity contribution in [1.29, 1.82) is 0 Å². The highest BCUT2D eigenvalue weighted by Crippen LogP contribution is 2.56. The van der Waals surface area contributed by atoms with Gasteiger partial charge in [0.05, 0.1) is 11.4 Å². The highest BCUT2D eigenvalue weighted by molar-refractivity contribution is 6.05. The van der Waals surface area contributed by atoms with Gasteiger partial charge in [0.2, 0.25) is 0 Å². The van der Waals surface area contributed by atoms with Gasteiger partial charge in [0, 0.05) is 27.5 Å². The lowest BCUT2D eigenvalue weighted by molar-refractivity contribution is 0.661. The second-order valence-electron chi connectivity index (χ2n) is 17.4. The Hall–Kier alpha value is -7.42. The maximum atomic E-state index is 5.55. The van der Waals surface area contributed by atoms with Crippen LogP contribution in [-0.4, -0.2) is 9.97 Å². The van der Waals surface area contributed by atoms with E-state index in [1.165, 1.54) is 77.4 Å². The fourth-order valence-electron chi connectivity index (χ4n) is 10.7. The Labute approximate surface area is 356 Å². The zero-order chi connectivity index (χ0) is 40.9. The molecule has 0 aliphatic heterocycles. The summed E-state index contributed by atoms with van der Waals surface area (Å²) < 4.78 is 0. The summed E-state index contributed by atoms with van der Waals surface area (Å²) in [5, 5.41) is 4.88. The van der Waals surface area contributed by atoms with Gasteiger partial charge in [0.15, 0.2) is 5.82 Å². The Balaban J connectivity index is 1.04. The van der Waals surface area contributed by atoms with Gasteiger partial charge in [0.1, 0.15) is 0 Å². The molecule has 0 N–H and O–H groups in total. The first-order chi connectivity index (χ1) is 29.9. The molecule has 2 nitrogen and oxygen atoms in total. The molecule has 2 aliphatic rings. The van der Waals surface area contributed by atoms with E-state index in [1.54, 1.807) is 0 Å². The second kappa shape index (κ2) is 13.3. The number of aromatic nitrogens is 2. The largest absolute Gasteiger partial charge is 0.228 e. The summed E-state index contributed by atoms with van der Waals surface area (Å²) in [6.45, 7) is 7.12. The fourth-order valence-corrected chi connectivity index (χ4v) is 10.7. The van der Waals surface area contributed by atoms with Gasteiger partial charge in [-0.15, -0.1) is 0 Å². The average molecular weight is 779 g/mol. The van der Waals surface area contributed by atoms with E-state index in [4.69, 9.17) is 9.97 Å². The summed E-state index contributed by atoms with van der Waals surface area (Å²) in [7, 11) is 0. The Kier molecular flexibility index (Phi) is 7.74. The molecule has 0 saturated carbocycles. The third-order valence-electron chi connectivity index (χ3n) is 13.8. The molecule has 12 rings (SSSR count). The van der Waals surface area contributed by atoms with Gasteiger partial charge in [-0.3, -0.25) is 0 Å². The first-order valence-electron chi connectivity index (χ1n) is 21.3. The van der Waals surface area contributed by atoms with Crippen LogP contribution >= 0.6 is 0 Å². The molecule has 1 atom stereocenters. The molecule has 0 bridgehead atoms. The highest BCUT2D eigenvalue weighted by Gasteiger charge is 2.43. The zero-order valence-corrected chi connectivity index (χ0v) is 34.4. The molecule has 1 aromatic heterocycles. The minimum Gasteiger partial charge on any atom is -0.228 e. The van der Waals surface area contributed by atoms with Crippen molar-refractivity contribution in [3.63, 3.8) is 0 Å². The van der Waals surface area contributed by atoms with E-state index in [-0.39, 0.29) is 10.8 Å². The molecule has 2 aliphatic carbocycles.